The number of hydrogen-bond acceptors (Lipinski definition) is 2. The fourth-order valence-electron chi connectivity index (χ4n) is 1.51. The minimum atomic E-state index is 0.940. The van der Waals surface area contributed by atoms with Crippen molar-refractivity contribution < 1.29 is 0 Å². The molecule has 0 aliphatic carbocycles. The zero-order valence-electron chi connectivity index (χ0n) is 8.85. The van der Waals surface area contributed by atoms with Gasteiger partial charge in [0.1, 0.15) is 0 Å². The number of benzene rings is 1. The second kappa shape index (κ2) is 4.64. The van der Waals surface area contributed by atoms with Crippen molar-refractivity contribution >= 4 is 5.69 Å². The summed E-state index contributed by atoms with van der Waals surface area (Å²) in [6.45, 7) is 0.940. The first kappa shape index (κ1) is 9.77. The highest BCUT2D eigenvalue weighted by Crippen LogP contribution is 2.04. The molecule has 2 aromatic rings. The number of aryl methyl sites for hydroxylation is 1. The molecule has 0 radical (unpaired) electrons. The Morgan fingerprint density at radius 2 is 2.07 bits per heavy atom. The summed E-state index contributed by atoms with van der Waals surface area (Å²) in [5.41, 5.74) is 2.43. The molecule has 3 nitrogen and oxygen atoms in total. The number of nitrogens with one attached hydrogen (secondary N) is 1. The highest BCUT2D eigenvalue weighted by molar-refractivity contribution is 5.38. The molecule has 0 bridgehead atoms. The Hall–Kier alpha value is -1.77. The Balaban J connectivity index is 1.80. The molecule has 1 heterocycles. The van der Waals surface area contributed by atoms with E-state index in [1.54, 1.807) is 4.68 Å². The number of anilines is 1. The van der Waals surface area contributed by atoms with Crippen molar-refractivity contribution in [1.82, 2.24) is 9.78 Å². The molecule has 1 aromatic carbocycles. The van der Waals surface area contributed by atoms with Gasteiger partial charge in [-0.25, -0.2) is 0 Å². The van der Waals surface area contributed by atoms with E-state index in [0.29, 0.717) is 0 Å². The van der Waals surface area contributed by atoms with Gasteiger partial charge >= 0.3 is 0 Å². The average Bonchev–Trinajstić information content (AvgIpc) is 2.66. The predicted octanol–water partition coefficient (Wildman–Crippen LogP) is 2.07. The molecule has 3 heteroatoms. The monoisotopic (exact) mass is 201 g/mol. The van der Waals surface area contributed by atoms with Crippen molar-refractivity contribution in [2.45, 2.75) is 6.42 Å². The lowest BCUT2D eigenvalue weighted by molar-refractivity contribution is 0.768. The van der Waals surface area contributed by atoms with E-state index in [-0.39, 0.29) is 0 Å². The summed E-state index contributed by atoms with van der Waals surface area (Å²) in [6.07, 6.45) is 4.85. The van der Waals surface area contributed by atoms with Gasteiger partial charge in [0.2, 0.25) is 0 Å². The standard InChI is InChI=1S/C12H15N3/c1-15-10-12(9-14-15)13-8-7-11-5-3-2-4-6-11/h2-6,9-10,13H,7-8H2,1H3. The summed E-state index contributed by atoms with van der Waals surface area (Å²) < 4.78 is 1.80. The van der Waals surface area contributed by atoms with Crippen molar-refractivity contribution in [2.75, 3.05) is 11.9 Å². The van der Waals surface area contributed by atoms with Crippen molar-refractivity contribution in [2.24, 2.45) is 7.05 Å². The van der Waals surface area contributed by atoms with E-state index in [2.05, 4.69) is 34.7 Å². The molecule has 0 aliphatic heterocycles. The quantitative estimate of drug-likeness (QED) is 0.820. The van der Waals surface area contributed by atoms with Crippen molar-refractivity contribution in [3.63, 3.8) is 0 Å². The van der Waals surface area contributed by atoms with Crippen LogP contribution in [-0.2, 0) is 13.5 Å². The molecule has 0 saturated carbocycles. The molecular weight excluding hydrogens is 186 g/mol. The zero-order chi connectivity index (χ0) is 10.5. The minimum absolute atomic E-state index is 0.940. The van der Waals surface area contributed by atoms with Crippen molar-refractivity contribution in [1.29, 1.82) is 0 Å². The lowest BCUT2D eigenvalue weighted by Crippen LogP contribution is -2.03. The Kier molecular flexibility index (Phi) is 3.02. The highest BCUT2D eigenvalue weighted by Gasteiger charge is 1.94. The Morgan fingerprint density at radius 1 is 1.27 bits per heavy atom. The van der Waals surface area contributed by atoms with Gasteiger partial charge < -0.3 is 5.32 Å². The van der Waals surface area contributed by atoms with E-state index in [0.717, 1.165) is 18.7 Å². The summed E-state index contributed by atoms with van der Waals surface area (Å²) >= 11 is 0. The maximum atomic E-state index is 4.10. The Bertz CT molecular complexity index is 406. The van der Waals surface area contributed by atoms with Crippen LogP contribution in [-0.4, -0.2) is 16.3 Å². The molecule has 1 aromatic heterocycles. The minimum Gasteiger partial charge on any atom is -0.382 e. The molecule has 0 amide bonds. The topological polar surface area (TPSA) is 29.9 Å². The lowest BCUT2D eigenvalue weighted by atomic mass is 10.1. The van der Waals surface area contributed by atoms with Crippen LogP contribution in [0, 0.1) is 0 Å². The summed E-state index contributed by atoms with van der Waals surface area (Å²) in [5, 5.41) is 7.43. The smallest absolute Gasteiger partial charge is 0.0726 e. The molecule has 0 aliphatic rings. The second-order valence-corrected chi connectivity index (χ2v) is 3.57. The molecule has 0 unspecified atom stereocenters. The zero-order valence-corrected chi connectivity index (χ0v) is 8.85. The van der Waals surface area contributed by atoms with Crippen LogP contribution in [0.25, 0.3) is 0 Å². The van der Waals surface area contributed by atoms with E-state index in [4.69, 9.17) is 0 Å². The molecular formula is C12H15N3. The van der Waals surface area contributed by atoms with Crippen LogP contribution < -0.4 is 5.32 Å². The largest absolute Gasteiger partial charge is 0.382 e. The SMILES string of the molecule is Cn1cc(NCCc2ccccc2)cn1. The van der Waals surface area contributed by atoms with E-state index in [9.17, 15) is 0 Å². The van der Waals surface area contributed by atoms with Crippen molar-refractivity contribution in [3.8, 4) is 0 Å². The third kappa shape index (κ3) is 2.84. The van der Waals surface area contributed by atoms with Crippen LogP contribution in [0.2, 0.25) is 0 Å². The lowest BCUT2D eigenvalue weighted by Gasteiger charge is -2.02. The summed E-state index contributed by atoms with van der Waals surface area (Å²) in [5.74, 6) is 0. The Morgan fingerprint density at radius 3 is 2.73 bits per heavy atom. The van der Waals surface area contributed by atoms with Gasteiger partial charge in [-0.3, -0.25) is 4.68 Å². The maximum Gasteiger partial charge on any atom is 0.0726 e. The highest BCUT2D eigenvalue weighted by atomic mass is 15.3. The van der Waals surface area contributed by atoms with Gasteiger partial charge in [0, 0.05) is 19.8 Å². The predicted molar refractivity (Wildman–Crippen MR) is 61.8 cm³/mol. The van der Waals surface area contributed by atoms with Gasteiger partial charge in [-0.05, 0) is 12.0 Å². The molecule has 0 atom stereocenters. The number of nitrogens with zero attached hydrogens (tertiary/aromatic N) is 2. The second-order valence-electron chi connectivity index (χ2n) is 3.57. The molecule has 15 heavy (non-hydrogen) atoms. The van der Waals surface area contributed by atoms with Gasteiger partial charge in [0.25, 0.3) is 0 Å². The average molecular weight is 201 g/mol. The fourth-order valence-corrected chi connectivity index (χ4v) is 1.51. The fraction of sp³-hybridized carbons (Fsp3) is 0.250. The van der Waals surface area contributed by atoms with Crippen LogP contribution >= 0.6 is 0 Å². The molecule has 0 spiro atoms. The van der Waals surface area contributed by atoms with Crippen molar-refractivity contribution in [3.05, 3.63) is 48.3 Å². The van der Waals surface area contributed by atoms with Gasteiger partial charge in [0.05, 0.1) is 11.9 Å². The van der Waals surface area contributed by atoms with Crippen LogP contribution in [0.5, 0.6) is 0 Å². The van der Waals surface area contributed by atoms with Gasteiger partial charge in [-0.15, -0.1) is 0 Å². The van der Waals surface area contributed by atoms with E-state index >= 15 is 0 Å². The molecule has 78 valence electrons. The van der Waals surface area contributed by atoms with E-state index in [1.165, 1.54) is 5.56 Å². The molecule has 0 saturated heterocycles. The van der Waals surface area contributed by atoms with Crippen LogP contribution in [0.1, 0.15) is 5.56 Å². The van der Waals surface area contributed by atoms with Crippen LogP contribution in [0.3, 0.4) is 0 Å². The molecule has 1 N–H and O–H groups in total. The maximum absolute atomic E-state index is 4.10. The number of hydrogen-bond donors (Lipinski definition) is 1. The first-order valence-electron chi connectivity index (χ1n) is 5.11. The van der Waals surface area contributed by atoms with Gasteiger partial charge in [-0.1, -0.05) is 30.3 Å². The molecule has 2 rings (SSSR count). The first-order valence-corrected chi connectivity index (χ1v) is 5.11. The third-order valence-corrected chi connectivity index (χ3v) is 2.29. The summed E-state index contributed by atoms with van der Waals surface area (Å²) in [7, 11) is 1.92. The van der Waals surface area contributed by atoms with E-state index < -0.39 is 0 Å². The molecule has 0 fully saturated rings. The Labute approximate surface area is 89.7 Å². The summed E-state index contributed by atoms with van der Waals surface area (Å²) in [4.78, 5) is 0. The van der Waals surface area contributed by atoms with Crippen LogP contribution in [0.15, 0.2) is 42.7 Å². The summed E-state index contributed by atoms with van der Waals surface area (Å²) in [6, 6.07) is 10.5. The normalized spacial score (nSPS) is 10.2. The van der Waals surface area contributed by atoms with E-state index in [1.807, 2.05) is 25.5 Å². The third-order valence-electron chi connectivity index (χ3n) is 2.29. The first-order chi connectivity index (χ1) is 7.34. The van der Waals surface area contributed by atoms with Gasteiger partial charge in [-0.2, -0.15) is 5.10 Å². The van der Waals surface area contributed by atoms with Gasteiger partial charge in [0.15, 0.2) is 0 Å². The number of rotatable bonds is 4. The van der Waals surface area contributed by atoms with Crippen LogP contribution in [0.4, 0.5) is 5.69 Å². The number of aromatic nitrogens is 2.